The molecule has 0 radical (unpaired) electrons. The summed E-state index contributed by atoms with van der Waals surface area (Å²) in [4.78, 5) is 24.0. The second-order valence-electron chi connectivity index (χ2n) is 7.35. The number of hydrogen-bond donors (Lipinski definition) is 3. The van der Waals surface area contributed by atoms with E-state index in [4.69, 9.17) is 9.47 Å². The second-order valence-corrected chi connectivity index (χ2v) is 9.21. The number of benzene rings is 2. The van der Waals surface area contributed by atoms with Crippen LogP contribution in [0.25, 0.3) is 0 Å². The molecule has 2 aromatic rings. The van der Waals surface area contributed by atoms with Gasteiger partial charge in [-0.2, -0.15) is 0 Å². The number of carbonyl (C=O) groups is 2. The Morgan fingerprint density at radius 2 is 1.81 bits per heavy atom. The summed E-state index contributed by atoms with van der Waals surface area (Å²) in [7, 11) is -1.11. The fourth-order valence-corrected chi connectivity index (χ4v) is 3.88. The van der Waals surface area contributed by atoms with Crippen molar-refractivity contribution in [3.8, 4) is 11.5 Å². The van der Waals surface area contributed by atoms with Crippen LogP contribution in [0.4, 0.5) is 0 Å². The van der Waals surface area contributed by atoms with Crippen molar-refractivity contribution in [1.29, 1.82) is 0 Å². The minimum absolute atomic E-state index is 0.0149. The zero-order chi connectivity index (χ0) is 23.1. The molecular formula is C22H27N3O6S. The molecule has 10 heteroatoms. The summed E-state index contributed by atoms with van der Waals surface area (Å²) >= 11 is 0. The van der Waals surface area contributed by atoms with Gasteiger partial charge in [-0.1, -0.05) is 12.1 Å². The molecule has 172 valence electrons. The molecule has 2 aromatic carbocycles. The normalized spacial score (nSPS) is 13.3. The van der Waals surface area contributed by atoms with E-state index in [1.165, 1.54) is 32.4 Å². The van der Waals surface area contributed by atoms with Gasteiger partial charge in [-0.3, -0.25) is 9.59 Å². The Kier molecular flexibility index (Phi) is 7.70. The van der Waals surface area contributed by atoms with E-state index in [1.54, 1.807) is 12.1 Å². The predicted molar refractivity (Wildman–Crippen MR) is 118 cm³/mol. The van der Waals surface area contributed by atoms with E-state index in [0.717, 1.165) is 18.4 Å². The Labute approximate surface area is 187 Å². The average Bonchev–Trinajstić information content (AvgIpc) is 3.62. The first kappa shape index (κ1) is 23.6. The summed E-state index contributed by atoms with van der Waals surface area (Å²) in [6.07, 6.45) is 2.64. The van der Waals surface area contributed by atoms with Gasteiger partial charge in [-0.05, 0) is 62.2 Å². The molecule has 0 heterocycles. The van der Waals surface area contributed by atoms with Crippen molar-refractivity contribution in [2.75, 3.05) is 27.3 Å². The summed E-state index contributed by atoms with van der Waals surface area (Å²) in [6.45, 7) is 0.349. The van der Waals surface area contributed by atoms with Crippen LogP contribution in [0.5, 0.6) is 11.5 Å². The fraction of sp³-hybridized carbons (Fsp3) is 0.364. The maximum atomic E-state index is 12.5. The number of ether oxygens (including phenoxy) is 2. The van der Waals surface area contributed by atoms with E-state index < -0.39 is 10.0 Å². The van der Waals surface area contributed by atoms with Crippen LogP contribution in [0.2, 0.25) is 0 Å². The molecule has 3 rings (SSSR count). The molecule has 3 N–H and O–H groups in total. The van der Waals surface area contributed by atoms with Crippen molar-refractivity contribution in [2.24, 2.45) is 0 Å². The van der Waals surface area contributed by atoms with Gasteiger partial charge in [0.25, 0.3) is 11.8 Å². The zero-order valence-electron chi connectivity index (χ0n) is 18.0. The van der Waals surface area contributed by atoms with Crippen LogP contribution in [-0.2, 0) is 21.2 Å². The lowest BCUT2D eigenvalue weighted by molar-refractivity contribution is -0.123. The number of rotatable bonds is 11. The predicted octanol–water partition coefficient (Wildman–Crippen LogP) is 1.23. The van der Waals surface area contributed by atoms with E-state index in [9.17, 15) is 18.0 Å². The van der Waals surface area contributed by atoms with Crippen molar-refractivity contribution < 1.29 is 27.5 Å². The quantitative estimate of drug-likeness (QED) is 0.463. The molecule has 0 saturated heterocycles. The van der Waals surface area contributed by atoms with Gasteiger partial charge in [0, 0.05) is 18.2 Å². The molecule has 0 atom stereocenters. The summed E-state index contributed by atoms with van der Waals surface area (Å²) < 4.78 is 37.1. The topological polar surface area (TPSA) is 123 Å². The minimum Gasteiger partial charge on any atom is -0.495 e. The van der Waals surface area contributed by atoms with Gasteiger partial charge < -0.3 is 20.1 Å². The van der Waals surface area contributed by atoms with Crippen LogP contribution in [0.15, 0.2) is 47.4 Å². The lowest BCUT2D eigenvalue weighted by Gasteiger charge is -2.11. The third kappa shape index (κ3) is 6.44. The lowest BCUT2D eigenvalue weighted by atomic mass is 10.1. The van der Waals surface area contributed by atoms with Crippen molar-refractivity contribution in [3.63, 3.8) is 0 Å². The first-order valence-electron chi connectivity index (χ1n) is 10.2. The van der Waals surface area contributed by atoms with Gasteiger partial charge in [-0.25, -0.2) is 13.1 Å². The number of sulfonamides is 1. The van der Waals surface area contributed by atoms with Crippen LogP contribution < -0.4 is 24.8 Å². The Hall–Kier alpha value is -3.11. The third-order valence-corrected chi connectivity index (χ3v) is 6.35. The lowest BCUT2D eigenvalue weighted by Crippen LogP contribution is -2.30. The highest BCUT2D eigenvalue weighted by Gasteiger charge is 2.23. The summed E-state index contributed by atoms with van der Waals surface area (Å²) in [5, 5.41) is 5.64. The van der Waals surface area contributed by atoms with Gasteiger partial charge in [0.05, 0.1) is 7.11 Å². The fourth-order valence-electron chi connectivity index (χ4n) is 2.96. The molecule has 0 bridgehead atoms. The monoisotopic (exact) mass is 461 g/mol. The van der Waals surface area contributed by atoms with Gasteiger partial charge >= 0.3 is 0 Å². The van der Waals surface area contributed by atoms with E-state index in [1.807, 2.05) is 12.1 Å². The summed E-state index contributed by atoms with van der Waals surface area (Å²) in [6, 6.07) is 11.8. The molecule has 9 nitrogen and oxygen atoms in total. The molecule has 0 spiro atoms. The summed E-state index contributed by atoms with van der Waals surface area (Å²) in [5.41, 5.74) is 1.20. The Morgan fingerprint density at radius 1 is 1.09 bits per heavy atom. The van der Waals surface area contributed by atoms with Crippen molar-refractivity contribution in [2.45, 2.75) is 30.2 Å². The van der Waals surface area contributed by atoms with Crippen LogP contribution >= 0.6 is 0 Å². The number of nitrogens with one attached hydrogen (secondary N) is 3. The molecular weight excluding hydrogens is 434 g/mol. The molecule has 0 aromatic heterocycles. The van der Waals surface area contributed by atoms with E-state index in [0.29, 0.717) is 24.8 Å². The minimum atomic E-state index is -3.77. The van der Waals surface area contributed by atoms with Crippen LogP contribution in [0.3, 0.4) is 0 Å². The largest absolute Gasteiger partial charge is 0.495 e. The standard InChI is InChI=1S/C22H27N3O6S/c1-23-32(28,29)20-13-16(5-10-19(20)30-2)22(27)24-12-11-15-3-8-18(9-4-15)31-14-21(26)25-17-6-7-17/h3-5,8-10,13,17,23H,6-7,11-12,14H2,1-2H3,(H,24,27)(H,25,26). The van der Waals surface area contributed by atoms with Crippen LogP contribution in [0, 0.1) is 0 Å². The van der Waals surface area contributed by atoms with E-state index in [-0.39, 0.29) is 34.6 Å². The van der Waals surface area contributed by atoms with Gasteiger partial charge in [0.2, 0.25) is 10.0 Å². The molecule has 1 saturated carbocycles. The first-order chi connectivity index (χ1) is 15.3. The highest BCUT2D eigenvalue weighted by Crippen LogP contribution is 2.24. The molecule has 1 aliphatic carbocycles. The van der Waals surface area contributed by atoms with E-state index in [2.05, 4.69) is 15.4 Å². The van der Waals surface area contributed by atoms with Gasteiger partial charge in [0.1, 0.15) is 16.4 Å². The molecule has 32 heavy (non-hydrogen) atoms. The number of methoxy groups -OCH3 is 1. The Balaban J connectivity index is 1.50. The number of amides is 2. The SMILES string of the molecule is CNS(=O)(=O)c1cc(C(=O)NCCc2ccc(OCC(=O)NC3CC3)cc2)ccc1OC. The van der Waals surface area contributed by atoms with Crippen molar-refractivity contribution in [1.82, 2.24) is 15.4 Å². The molecule has 0 aliphatic heterocycles. The molecule has 1 aliphatic rings. The Morgan fingerprint density at radius 3 is 2.44 bits per heavy atom. The second kappa shape index (κ2) is 10.5. The molecule has 1 fully saturated rings. The first-order valence-corrected chi connectivity index (χ1v) is 11.7. The number of hydrogen-bond acceptors (Lipinski definition) is 6. The third-order valence-electron chi connectivity index (χ3n) is 4.92. The maximum absolute atomic E-state index is 12.5. The van der Waals surface area contributed by atoms with Gasteiger partial charge in [0.15, 0.2) is 6.61 Å². The summed E-state index contributed by atoms with van der Waals surface area (Å²) in [5.74, 6) is 0.244. The van der Waals surface area contributed by atoms with E-state index >= 15 is 0 Å². The maximum Gasteiger partial charge on any atom is 0.258 e. The molecule has 0 unspecified atom stereocenters. The highest BCUT2D eigenvalue weighted by atomic mass is 32.2. The Bertz CT molecular complexity index is 1070. The van der Waals surface area contributed by atoms with Crippen LogP contribution in [0.1, 0.15) is 28.8 Å². The average molecular weight is 462 g/mol. The van der Waals surface area contributed by atoms with Crippen molar-refractivity contribution in [3.05, 3.63) is 53.6 Å². The smallest absolute Gasteiger partial charge is 0.258 e. The highest BCUT2D eigenvalue weighted by molar-refractivity contribution is 7.89. The zero-order valence-corrected chi connectivity index (χ0v) is 18.8. The van der Waals surface area contributed by atoms with Crippen LogP contribution in [-0.4, -0.2) is 53.6 Å². The molecule has 2 amide bonds. The van der Waals surface area contributed by atoms with Crippen molar-refractivity contribution >= 4 is 21.8 Å². The van der Waals surface area contributed by atoms with Gasteiger partial charge in [-0.15, -0.1) is 0 Å². The number of carbonyl (C=O) groups excluding carboxylic acids is 2.